The lowest BCUT2D eigenvalue weighted by atomic mass is 9.74. The topological polar surface area (TPSA) is 84.7 Å². The van der Waals surface area contributed by atoms with Gasteiger partial charge in [0.2, 0.25) is 11.8 Å². The molecule has 1 fully saturated rings. The Morgan fingerprint density at radius 1 is 1.12 bits per heavy atom. The lowest BCUT2D eigenvalue weighted by Crippen LogP contribution is -2.59. The number of carbonyl (C=O) groups is 2. The van der Waals surface area contributed by atoms with Gasteiger partial charge in [-0.15, -0.1) is 0 Å². The van der Waals surface area contributed by atoms with E-state index in [1.807, 2.05) is 4.90 Å². The quantitative estimate of drug-likeness (QED) is 0.656. The average molecular weight is 468 g/mol. The van der Waals surface area contributed by atoms with Crippen LogP contribution < -0.4 is 11.1 Å². The zero-order valence-electron chi connectivity index (χ0n) is 20.0. The van der Waals surface area contributed by atoms with E-state index in [0.29, 0.717) is 13.1 Å². The number of hydrogen-bond donors (Lipinski definition) is 2. The summed E-state index contributed by atoms with van der Waals surface area (Å²) in [6, 6.07) is 13.8. The molecule has 2 amide bonds. The molecular weight excluding hydrogens is 433 g/mol. The molecule has 2 aliphatic rings. The van der Waals surface area contributed by atoms with Gasteiger partial charge in [-0.3, -0.25) is 9.59 Å². The second-order valence-electron chi connectivity index (χ2n) is 10.2. The maximum atomic E-state index is 13.4. The number of fused-ring (bicyclic) bond motifs is 2. The van der Waals surface area contributed by atoms with Gasteiger partial charge in [-0.05, 0) is 73.8 Å². The highest BCUT2D eigenvalue weighted by molar-refractivity contribution is 5.91. The minimum Gasteiger partial charge on any atom is -0.374 e. The number of aryl methyl sites for hydroxylation is 1. The molecule has 2 aromatic carbocycles. The third-order valence-electron chi connectivity index (χ3n) is 7.15. The van der Waals surface area contributed by atoms with E-state index in [2.05, 4.69) is 29.6 Å². The van der Waals surface area contributed by atoms with Crippen LogP contribution in [0.4, 0.5) is 4.39 Å². The summed E-state index contributed by atoms with van der Waals surface area (Å²) in [5, 5.41) is 2.79. The van der Waals surface area contributed by atoms with Crippen LogP contribution in [0.5, 0.6) is 0 Å². The third kappa shape index (κ3) is 5.31. The Balaban J connectivity index is 1.40. The van der Waals surface area contributed by atoms with Gasteiger partial charge in [-0.2, -0.15) is 0 Å². The van der Waals surface area contributed by atoms with Crippen LogP contribution in [0.15, 0.2) is 48.5 Å². The van der Waals surface area contributed by atoms with Crippen molar-refractivity contribution in [1.29, 1.82) is 0 Å². The molecule has 6 nitrogen and oxygen atoms in total. The number of halogens is 1. The molecule has 0 aromatic heterocycles. The maximum Gasteiger partial charge on any atom is 0.247 e. The fourth-order valence-corrected chi connectivity index (χ4v) is 5.05. The molecule has 0 saturated carbocycles. The van der Waals surface area contributed by atoms with Gasteiger partial charge in [0.05, 0.1) is 18.8 Å². The molecular formula is C27H34FN3O3. The van der Waals surface area contributed by atoms with E-state index >= 15 is 0 Å². The van der Waals surface area contributed by atoms with Crippen molar-refractivity contribution < 1.29 is 18.7 Å². The predicted octanol–water partition coefficient (Wildman–Crippen LogP) is 3.07. The third-order valence-corrected chi connectivity index (χ3v) is 7.15. The summed E-state index contributed by atoms with van der Waals surface area (Å²) in [6.07, 6.45) is 4.03. The van der Waals surface area contributed by atoms with Gasteiger partial charge in [0.1, 0.15) is 11.9 Å². The minimum absolute atomic E-state index is 0.0164. The summed E-state index contributed by atoms with van der Waals surface area (Å²) in [7, 11) is 0. The predicted molar refractivity (Wildman–Crippen MR) is 129 cm³/mol. The van der Waals surface area contributed by atoms with Gasteiger partial charge < -0.3 is 20.7 Å². The molecule has 4 rings (SSSR count). The maximum absolute atomic E-state index is 13.4. The van der Waals surface area contributed by atoms with Gasteiger partial charge in [-0.1, -0.05) is 36.4 Å². The van der Waals surface area contributed by atoms with E-state index in [0.717, 1.165) is 31.2 Å². The molecule has 0 unspecified atom stereocenters. The molecule has 2 aromatic rings. The van der Waals surface area contributed by atoms with Gasteiger partial charge in [-0.25, -0.2) is 4.39 Å². The van der Waals surface area contributed by atoms with Gasteiger partial charge >= 0.3 is 0 Å². The lowest BCUT2D eigenvalue weighted by Gasteiger charge is -2.41. The highest BCUT2D eigenvalue weighted by atomic mass is 19.1. The molecule has 1 spiro atoms. The largest absolute Gasteiger partial charge is 0.374 e. The van der Waals surface area contributed by atoms with Crippen molar-refractivity contribution in [2.24, 2.45) is 5.73 Å². The van der Waals surface area contributed by atoms with Crippen LogP contribution in [-0.2, 0) is 32.8 Å². The van der Waals surface area contributed by atoms with Crippen molar-refractivity contribution in [1.82, 2.24) is 10.2 Å². The van der Waals surface area contributed by atoms with Crippen LogP contribution >= 0.6 is 0 Å². The SMILES string of the molecule is CC(C)(N)C(=O)N[C@H](COCc1ccc(F)cc1)C(=O)N1CCC2(CCc3ccccc32)CC1. The number of carbonyl (C=O) groups excluding carboxylic acids is 2. The molecule has 34 heavy (non-hydrogen) atoms. The minimum atomic E-state index is -1.12. The van der Waals surface area contributed by atoms with Crippen molar-refractivity contribution >= 4 is 11.8 Å². The van der Waals surface area contributed by atoms with Crippen molar-refractivity contribution in [2.45, 2.75) is 63.1 Å². The van der Waals surface area contributed by atoms with Crippen molar-refractivity contribution in [2.75, 3.05) is 19.7 Å². The Hall–Kier alpha value is -2.77. The Bertz CT molecular complexity index is 1020. The van der Waals surface area contributed by atoms with Gasteiger partial charge in [0.25, 0.3) is 0 Å². The van der Waals surface area contributed by atoms with Gasteiger partial charge in [0, 0.05) is 13.1 Å². The van der Waals surface area contributed by atoms with E-state index in [1.54, 1.807) is 26.0 Å². The fraction of sp³-hybridized carbons (Fsp3) is 0.481. The molecule has 1 heterocycles. The molecule has 1 aliphatic heterocycles. The Morgan fingerprint density at radius 3 is 2.47 bits per heavy atom. The molecule has 0 radical (unpaired) electrons. The van der Waals surface area contributed by atoms with Crippen molar-refractivity contribution in [3.05, 3.63) is 71.0 Å². The first-order valence-corrected chi connectivity index (χ1v) is 12.0. The van der Waals surface area contributed by atoms with E-state index in [4.69, 9.17) is 10.5 Å². The highest BCUT2D eigenvalue weighted by Crippen LogP contribution is 2.46. The molecule has 7 heteroatoms. The van der Waals surface area contributed by atoms with Crippen LogP contribution in [0.2, 0.25) is 0 Å². The molecule has 1 aliphatic carbocycles. The average Bonchev–Trinajstić information content (AvgIpc) is 3.17. The van der Waals surface area contributed by atoms with Crippen LogP contribution in [0.25, 0.3) is 0 Å². The zero-order valence-corrected chi connectivity index (χ0v) is 20.0. The number of nitrogens with two attached hydrogens (primary N) is 1. The number of rotatable bonds is 7. The standard InChI is InChI=1S/C27H34FN3O3/c1-26(2,29)25(33)30-23(18-34-17-19-7-9-21(28)10-8-19)24(32)31-15-13-27(14-16-31)12-11-20-5-3-4-6-22(20)27/h3-10,23H,11-18,29H2,1-2H3,(H,30,33)/t23-/m1/s1. The van der Waals surface area contributed by atoms with Gasteiger partial charge in [0.15, 0.2) is 0 Å². The first-order chi connectivity index (χ1) is 16.2. The van der Waals surface area contributed by atoms with E-state index in [-0.39, 0.29) is 30.4 Å². The zero-order chi connectivity index (χ0) is 24.3. The van der Waals surface area contributed by atoms with Crippen LogP contribution in [-0.4, -0.2) is 48.0 Å². The molecule has 0 bridgehead atoms. The summed E-state index contributed by atoms with van der Waals surface area (Å²) in [6.45, 7) is 4.72. The van der Waals surface area contributed by atoms with Crippen LogP contribution in [0.1, 0.15) is 49.8 Å². The smallest absolute Gasteiger partial charge is 0.247 e. The number of piperidine rings is 1. The van der Waals surface area contributed by atoms with Crippen LogP contribution in [0.3, 0.4) is 0 Å². The summed E-state index contributed by atoms with van der Waals surface area (Å²) >= 11 is 0. The van der Waals surface area contributed by atoms with E-state index in [1.165, 1.54) is 23.3 Å². The second-order valence-corrected chi connectivity index (χ2v) is 10.2. The number of benzene rings is 2. The first kappa shape index (κ1) is 24.4. The number of hydrogen-bond acceptors (Lipinski definition) is 4. The number of nitrogens with one attached hydrogen (secondary N) is 1. The Kier molecular flexibility index (Phi) is 7.05. The van der Waals surface area contributed by atoms with Crippen molar-refractivity contribution in [3.8, 4) is 0 Å². The van der Waals surface area contributed by atoms with E-state index < -0.39 is 17.5 Å². The van der Waals surface area contributed by atoms with Crippen molar-refractivity contribution in [3.63, 3.8) is 0 Å². The first-order valence-electron chi connectivity index (χ1n) is 12.0. The molecule has 182 valence electrons. The van der Waals surface area contributed by atoms with E-state index in [9.17, 15) is 14.0 Å². The van der Waals surface area contributed by atoms with Crippen LogP contribution in [0, 0.1) is 5.82 Å². The second kappa shape index (κ2) is 9.84. The number of amides is 2. The monoisotopic (exact) mass is 467 g/mol. The normalized spacial score (nSPS) is 17.9. The molecule has 3 N–H and O–H groups in total. The highest BCUT2D eigenvalue weighted by Gasteiger charge is 2.42. The summed E-state index contributed by atoms with van der Waals surface area (Å²) in [4.78, 5) is 27.8. The summed E-state index contributed by atoms with van der Waals surface area (Å²) < 4.78 is 18.9. The number of likely N-dealkylation sites (tertiary alicyclic amines) is 1. The Labute approximate surface area is 200 Å². The summed E-state index contributed by atoms with van der Waals surface area (Å²) in [5.41, 5.74) is 8.62. The number of ether oxygens (including phenoxy) is 1. The Morgan fingerprint density at radius 2 is 1.79 bits per heavy atom. The fourth-order valence-electron chi connectivity index (χ4n) is 5.05. The molecule has 1 atom stereocenters. The number of nitrogens with zero attached hydrogens (tertiary/aromatic N) is 1. The summed E-state index contributed by atoms with van der Waals surface area (Å²) in [5.74, 6) is -0.880. The molecule has 1 saturated heterocycles. The lowest BCUT2D eigenvalue weighted by molar-refractivity contribution is -0.140.